The standard InChI is InChI=1S/C13H14N2O4S2/c1-8-7-20-11(13(16)17)12(8)21(18,19)15-6-10-4-3-9(2)14-5-10/h3-5,7,15H,6H2,1-2H3,(H,16,17). The number of rotatable bonds is 5. The van der Waals surface area contributed by atoms with Crippen molar-refractivity contribution < 1.29 is 18.3 Å². The number of hydrogen-bond donors (Lipinski definition) is 2. The van der Waals surface area contributed by atoms with E-state index in [9.17, 15) is 13.2 Å². The summed E-state index contributed by atoms with van der Waals surface area (Å²) in [5, 5.41) is 10.6. The van der Waals surface area contributed by atoms with Crippen molar-refractivity contribution >= 4 is 27.3 Å². The molecule has 2 rings (SSSR count). The zero-order valence-electron chi connectivity index (χ0n) is 11.5. The van der Waals surface area contributed by atoms with Crippen LogP contribution in [0.5, 0.6) is 0 Å². The van der Waals surface area contributed by atoms with Gasteiger partial charge in [0, 0.05) is 18.4 Å². The first-order chi connectivity index (χ1) is 9.81. The summed E-state index contributed by atoms with van der Waals surface area (Å²) in [6, 6.07) is 3.55. The lowest BCUT2D eigenvalue weighted by Crippen LogP contribution is -2.25. The van der Waals surface area contributed by atoms with Crippen LogP contribution in [0.25, 0.3) is 0 Å². The van der Waals surface area contributed by atoms with Crippen LogP contribution in [0.2, 0.25) is 0 Å². The molecule has 0 bridgehead atoms. The SMILES string of the molecule is Cc1ccc(CNS(=O)(=O)c2c(C)csc2C(=O)O)cn1. The van der Waals surface area contributed by atoms with Crippen LogP contribution in [-0.4, -0.2) is 24.5 Å². The zero-order valence-corrected chi connectivity index (χ0v) is 13.1. The van der Waals surface area contributed by atoms with Gasteiger partial charge in [0.1, 0.15) is 9.77 Å². The summed E-state index contributed by atoms with van der Waals surface area (Å²) in [6.07, 6.45) is 1.58. The largest absolute Gasteiger partial charge is 0.477 e. The minimum atomic E-state index is -3.88. The normalized spacial score (nSPS) is 11.5. The van der Waals surface area contributed by atoms with Gasteiger partial charge in [0.2, 0.25) is 10.0 Å². The highest BCUT2D eigenvalue weighted by atomic mass is 32.2. The Kier molecular flexibility index (Phi) is 4.40. The van der Waals surface area contributed by atoms with Crippen LogP contribution in [-0.2, 0) is 16.6 Å². The molecule has 0 aromatic carbocycles. The van der Waals surface area contributed by atoms with E-state index in [1.54, 1.807) is 25.3 Å². The second-order valence-corrected chi connectivity index (χ2v) is 7.10. The molecule has 0 spiro atoms. The number of carbonyl (C=O) groups is 1. The molecule has 0 atom stereocenters. The minimum absolute atomic E-state index is 0.0595. The summed E-state index contributed by atoms with van der Waals surface area (Å²) in [7, 11) is -3.88. The van der Waals surface area contributed by atoms with Crippen LogP contribution < -0.4 is 4.72 Å². The third-order valence-electron chi connectivity index (χ3n) is 2.82. The Bertz CT molecular complexity index is 764. The van der Waals surface area contributed by atoms with Crippen molar-refractivity contribution in [2.24, 2.45) is 0 Å². The maximum absolute atomic E-state index is 12.3. The first-order valence-electron chi connectivity index (χ1n) is 6.04. The van der Waals surface area contributed by atoms with Gasteiger partial charge >= 0.3 is 5.97 Å². The average Bonchev–Trinajstić information content (AvgIpc) is 2.81. The molecule has 2 N–H and O–H groups in total. The first-order valence-corrected chi connectivity index (χ1v) is 8.40. The predicted octanol–water partition coefficient (Wildman–Crippen LogP) is 1.94. The van der Waals surface area contributed by atoms with Crippen molar-refractivity contribution in [1.82, 2.24) is 9.71 Å². The van der Waals surface area contributed by atoms with E-state index in [1.807, 2.05) is 6.92 Å². The fraction of sp³-hybridized carbons (Fsp3) is 0.231. The number of thiophene rings is 1. The highest BCUT2D eigenvalue weighted by Gasteiger charge is 2.26. The molecule has 0 aliphatic rings. The van der Waals surface area contributed by atoms with E-state index < -0.39 is 16.0 Å². The third-order valence-corrected chi connectivity index (χ3v) is 5.62. The van der Waals surface area contributed by atoms with Gasteiger partial charge in [0.25, 0.3) is 0 Å². The summed E-state index contributed by atoms with van der Waals surface area (Å²) in [5.74, 6) is -1.24. The summed E-state index contributed by atoms with van der Waals surface area (Å²) >= 11 is 0.904. The Labute approximate surface area is 126 Å². The van der Waals surface area contributed by atoms with Crippen LogP contribution in [0.4, 0.5) is 0 Å². The molecule has 0 aliphatic carbocycles. The van der Waals surface area contributed by atoms with E-state index >= 15 is 0 Å². The van der Waals surface area contributed by atoms with Crippen LogP contribution >= 0.6 is 11.3 Å². The highest BCUT2D eigenvalue weighted by molar-refractivity contribution is 7.89. The smallest absolute Gasteiger partial charge is 0.347 e. The van der Waals surface area contributed by atoms with Gasteiger partial charge in [-0.3, -0.25) is 4.98 Å². The van der Waals surface area contributed by atoms with E-state index in [0.717, 1.165) is 17.0 Å². The fourth-order valence-electron chi connectivity index (χ4n) is 1.77. The molecule has 21 heavy (non-hydrogen) atoms. The molecule has 112 valence electrons. The third kappa shape index (κ3) is 3.46. The maximum atomic E-state index is 12.3. The lowest BCUT2D eigenvalue weighted by Gasteiger charge is -2.08. The van der Waals surface area contributed by atoms with Crippen molar-refractivity contribution in [3.05, 3.63) is 45.4 Å². The number of nitrogens with one attached hydrogen (secondary N) is 1. The molecule has 6 nitrogen and oxygen atoms in total. The van der Waals surface area contributed by atoms with Crippen LogP contribution in [0.1, 0.15) is 26.5 Å². The van der Waals surface area contributed by atoms with Gasteiger partial charge in [0.05, 0.1) is 0 Å². The van der Waals surface area contributed by atoms with Gasteiger partial charge in [-0.1, -0.05) is 6.07 Å². The number of aryl methyl sites for hydroxylation is 2. The number of aromatic carboxylic acids is 1. The molecule has 2 aromatic rings. The molecule has 0 unspecified atom stereocenters. The second kappa shape index (κ2) is 5.92. The lowest BCUT2D eigenvalue weighted by atomic mass is 10.2. The maximum Gasteiger partial charge on any atom is 0.347 e. The monoisotopic (exact) mass is 326 g/mol. The number of carboxylic acids is 1. The summed E-state index contributed by atoms with van der Waals surface area (Å²) in [6.45, 7) is 3.47. The van der Waals surface area contributed by atoms with Crippen molar-refractivity contribution in [2.75, 3.05) is 0 Å². The van der Waals surface area contributed by atoms with Crippen LogP contribution in [0, 0.1) is 13.8 Å². The van der Waals surface area contributed by atoms with E-state index in [-0.39, 0.29) is 16.3 Å². The number of pyridine rings is 1. The molecule has 0 aliphatic heterocycles. The van der Waals surface area contributed by atoms with Gasteiger partial charge in [0.15, 0.2) is 0 Å². The van der Waals surface area contributed by atoms with Crippen molar-refractivity contribution in [3.63, 3.8) is 0 Å². The molecule has 2 aromatic heterocycles. The first kappa shape index (κ1) is 15.6. The fourth-order valence-corrected chi connectivity index (χ4v) is 4.41. The van der Waals surface area contributed by atoms with E-state index in [0.29, 0.717) is 11.1 Å². The molecule has 0 saturated heterocycles. The number of aromatic nitrogens is 1. The van der Waals surface area contributed by atoms with Gasteiger partial charge in [-0.2, -0.15) is 0 Å². The summed E-state index contributed by atoms with van der Waals surface area (Å²) < 4.78 is 27.0. The molecule has 0 amide bonds. The van der Waals surface area contributed by atoms with Crippen LogP contribution in [0.15, 0.2) is 28.6 Å². The van der Waals surface area contributed by atoms with E-state index in [1.165, 1.54) is 5.38 Å². The Morgan fingerprint density at radius 1 is 1.38 bits per heavy atom. The van der Waals surface area contributed by atoms with Gasteiger partial charge < -0.3 is 5.11 Å². The van der Waals surface area contributed by atoms with Gasteiger partial charge in [-0.15, -0.1) is 11.3 Å². The lowest BCUT2D eigenvalue weighted by molar-refractivity contribution is 0.0698. The number of hydrogen-bond acceptors (Lipinski definition) is 5. The molecule has 0 saturated carbocycles. The average molecular weight is 326 g/mol. The van der Waals surface area contributed by atoms with Crippen molar-refractivity contribution in [1.29, 1.82) is 0 Å². The zero-order chi connectivity index (χ0) is 15.6. The quantitative estimate of drug-likeness (QED) is 0.875. The van der Waals surface area contributed by atoms with Crippen molar-refractivity contribution in [2.45, 2.75) is 25.3 Å². The predicted molar refractivity (Wildman–Crippen MR) is 79.0 cm³/mol. The Hall–Kier alpha value is -1.77. The van der Waals surface area contributed by atoms with Gasteiger partial charge in [-0.05, 0) is 36.4 Å². The molecule has 0 fully saturated rings. The second-order valence-electron chi connectivity index (χ2n) is 4.51. The van der Waals surface area contributed by atoms with Crippen LogP contribution in [0.3, 0.4) is 0 Å². The Morgan fingerprint density at radius 3 is 2.67 bits per heavy atom. The number of sulfonamides is 1. The molecule has 0 radical (unpaired) electrons. The van der Waals surface area contributed by atoms with Crippen molar-refractivity contribution in [3.8, 4) is 0 Å². The Balaban J connectivity index is 2.25. The minimum Gasteiger partial charge on any atom is -0.477 e. The molecule has 8 heteroatoms. The topological polar surface area (TPSA) is 96.4 Å². The number of carboxylic acid groups (broad SMARTS) is 1. The highest BCUT2D eigenvalue weighted by Crippen LogP contribution is 2.26. The Morgan fingerprint density at radius 2 is 2.10 bits per heavy atom. The van der Waals surface area contributed by atoms with E-state index in [2.05, 4.69) is 9.71 Å². The molecule has 2 heterocycles. The van der Waals surface area contributed by atoms with Gasteiger partial charge in [-0.25, -0.2) is 17.9 Å². The summed E-state index contributed by atoms with van der Waals surface area (Å²) in [4.78, 5) is 14.8. The van der Waals surface area contributed by atoms with E-state index in [4.69, 9.17) is 5.11 Å². The molecular weight excluding hydrogens is 312 g/mol. The molecular formula is C13H14N2O4S2. The summed E-state index contributed by atoms with van der Waals surface area (Å²) in [5.41, 5.74) is 1.96. The number of nitrogens with zero attached hydrogens (tertiary/aromatic N) is 1.